The van der Waals surface area contributed by atoms with Crippen LogP contribution >= 0.6 is 0 Å². The van der Waals surface area contributed by atoms with Crippen LogP contribution < -0.4 is 11.9 Å². The van der Waals surface area contributed by atoms with Crippen LogP contribution in [0.15, 0.2) is 0 Å². The van der Waals surface area contributed by atoms with Crippen LogP contribution in [0, 0.1) is 5.92 Å². The van der Waals surface area contributed by atoms with Crippen LogP contribution in [-0.2, 0) is 0 Å². The van der Waals surface area contributed by atoms with Gasteiger partial charge in [0.25, 0.3) is 0 Å². The fraction of sp³-hybridized carbons (Fsp3) is 1.00. The zero-order valence-electron chi connectivity index (χ0n) is 11.8. The van der Waals surface area contributed by atoms with Crippen molar-refractivity contribution in [1.29, 1.82) is 0 Å². The molecule has 3 heteroatoms. The van der Waals surface area contributed by atoms with Crippen molar-refractivity contribution >= 4 is 0 Å². The maximum absolute atomic E-state index is 6.04. The van der Waals surface area contributed by atoms with Gasteiger partial charge in [-0.15, -0.1) is 0 Å². The van der Waals surface area contributed by atoms with E-state index in [-0.39, 0.29) is 17.2 Å². The molecular weight excluding hydrogens is 200 g/mol. The second kappa shape index (κ2) is 11.4. The lowest BCUT2D eigenvalue weighted by atomic mass is 9.86. The van der Waals surface area contributed by atoms with Gasteiger partial charge in [0, 0.05) is 5.54 Å². The Morgan fingerprint density at radius 2 is 1.44 bits per heavy atom. The summed E-state index contributed by atoms with van der Waals surface area (Å²) in [5.74, 6) is 0.647. The van der Waals surface area contributed by atoms with Crippen molar-refractivity contribution in [3.63, 3.8) is 0 Å². The molecule has 1 atom stereocenters. The molecule has 102 valence electrons. The molecule has 0 saturated carbocycles. The number of hydrogen-bond donors (Lipinski definition) is 2. The summed E-state index contributed by atoms with van der Waals surface area (Å²) in [5.41, 5.74) is 6.04. The average molecular weight is 234 g/mol. The molecule has 0 aliphatic carbocycles. The molecule has 0 aromatic rings. The van der Waals surface area contributed by atoms with Crippen LogP contribution in [0.25, 0.3) is 0 Å². The highest BCUT2D eigenvalue weighted by molar-refractivity contribution is 4.78. The Bertz CT molecular complexity index is 132. The van der Waals surface area contributed by atoms with Crippen molar-refractivity contribution in [3.05, 3.63) is 0 Å². The second-order valence-corrected chi connectivity index (χ2v) is 5.28. The number of hydrogen-bond acceptors (Lipinski definition) is 2. The number of rotatable bonds is 8. The summed E-state index contributed by atoms with van der Waals surface area (Å²) in [6, 6.07) is 0. The smallest absolute Gasteiger partial charge is 0.0123 e. The average Bonchev–Trinajstić information content (AvgIpc) is 2.09. The first-order valence-electron chi connectivity index (χ1n) is 6.27. The lowest BCUT2D eigenvalue weighted by Gasteiger charge is -2.27. The van der Waals surface area contributed by atoms with E-state index in [1.165, 1.54) is 44.9 Å². The van der Waals surface area contributed by atoms with E-state index in [0.717, 1.165) is 0 Å². The highest BCUT2D eigenvalue weighted by atomic mass is 16.0. The predicted molar refractivity (Wildman–Crippen MR) is 74.1 cm³/mol. The van der Waals surface area contributed by atoms with Gasteiger partial charge in [0.1, 0.15) is 0 Å². The zero-order chi connectivity index (χ0) is 11.0. The predicted octanol–water partition coefficient (Wildman–Crippen LogP) is 3.45. The van der Waals surface area contributed by atoms with Crippen LogP contribution in [0.3, 0.4) is 0 Å². The minimum absolute atomic E-state index is 0. The molecule has 0 aliphatic rings. The van der Waals surface area contributed by atoms with Crippen LogP contribution in [0.2, 0.25) is 0 Å². The first kappa shape index (κ1) is 21.2. The Kier molecular flexibility index (Phi) is 15.1. The molecule has 0 aromatic carbocycles. The fourth-order valence-electron chi connectivity index (χ4n) is 1.60. The molecule has 16 heavy (non-hydrogen) atoms. The molecule has 0 bridgehead atoms. The standard InChI is InChI=1S/C13H29N.H3N.H2O/c1-5-6-7-8-9-10-11-12(2)13(3,4)14;;/h12H,5-11,14H2,1-4H3;1H3;1H2. The lowest BCUT2D eigenvalue weighted by molar-refractivity contribution is 0.316. The molecule has 0 fully saturated rings. The van der Waals surface area contributed by atoms with E-state index in [2.05, 4.69) is 27.7 Å². The Labute approximate surface area is 102 Å². The first-order valence-corrected chi connectivity index (χ1v) is 6.27. The van der Waals surface area contributed by atoms with Gasteiger partial charge in [-0.1, -0.05) is 52.4 Å². The Morgan fingerprint density at radius 1 is 1.00 bits per heavy atom. The minimum atomic E-state index is 0. The van der Waals surface area contributed by atoms with E-state index < -0.39 is 0 Å². The van der Waals surface area contributed by atoms with Gasteiger partial charge in [-0.2, -0.15) is 0 Å². The van der Waals surface area contributed by atoms with Crippen molar-refractivity contribution in [3.8, 4) is 0 Å². The van der Waals surface area contributed by atoms with Crippen molar-refractivity contribution in [2.75, 3.05) is 0 Å². The molecule has 0 rings (SSSR count). The Balaban J connectivity index is -0.000000845. The van der Waals surface area contributed by atoms with E-state index in [1.807, 2.05) is 0 Å². The van der Waals surface area contributed by atoms with Crippen LogP contribution in [0.1, 0.15) is 72.6 Å². The van der Waals surface area contributed by atoms with Crippen molar-refractivity contribution in [1.82, 2.24) is 6.15 Å². The van der Waals surface area contributed by atoms with Gasteiger partial charge in [-0.25, -0.2) is 0 Å². The third kappa shape index (κ3) is 12.0. The molecule has 0 saturated heterocycles. The maximum atomic E-state index is 6.04. The second-order valence-electron chi connectivity index (χ2n) is 5.28. The summed E-state index contributed by atoms with van der Waals surface area (Å²) in [6.07, 6.45) is 9.59. The number of unbranched alkanes of at least 4 members (excludes halogenated alkanes) is 5. The van der Waals surface area contributed by atoms with E-state index in [4.69, 9.17) is 5.73 Å². The lowest BCUT2D eigenvalue weighted by Crippen LogP contribution is -2.39. The van der Waals surface area contributed by atoms with Crippen molar-refractivity contribution in [2.45, 2.75) is 78.2 Å². The van der Waals surface area contributed by atoms with Crippen LogP contribution in [0.4, 0.5) is 0 Å². The molecule has 0 heterocycles. The molecule has 7 N–H and O–H groups in total. The van der Waals surface area contributed by atoms with Gasteiger partial charge in [-0.05, 0) is 26.2 Å². The fourth-order valence-corrected chi connectivity index (χ4v) is 1.60. The SMILES string of the molecule is CCCCCCCCC(C)C(C)(C)N.N.O. The Hall–Kier alpha value is -0.120. The summed E-state index contributed by atoms with van der Waals surface area (Å²) < 4.78 is 0. The van der Waals surface area contributed by atoms with Gasteiger partial charge in [0.15, 0.2) is 0 Å². The third-order valence-corrected chi connectivity index (χ3v) is 3.26. The first-order chi connectivity index (χ1) is 6.48. The highest BCUT2D eigenvalue weighted by Crippen LogP contribution is 2.20. The molecule has 0 radical (unpaired) electrons. The topological polar surface area (TPSA) is 92.5 Å². The summed E-state index contributed by atoms with van der Waals surface area (Å²) in [5, 5.41) is 0. The van der Waals surface area contributed by atoms with E-state index in [1.54, 1.807) is 0 Å². The Morgan fingerprint density at radius 3 is 1.88 bits per heavy atom. The number of nitrogens with two attached hydrogens (primary N) is 1. The molecule has 0 aromatic heterocycles. The van der Waals surface area contributed by atoms with Crippen LogP contribution in [0.5, 0.6) is 0 Å². The van der Waals surface area contributed by atoms with Gasteiger partial charge >= 0.3 is 0 Å². The molecule has 0 aliphatic heterocycles. The quantitative estimate of drug-likeness (QED) is 0.629. The molecule has 1 unspecified atom stereocenters. The van der Waals surface area contributed by atoms with E-state index in [0.29, 0.717) is 5.92 Å². The van der Waals surface area contributed by atoms with Gasteiger partial charge in [-0.3, -0.25) is 0 Å². The van der Waals surface area contributed by atoms with Crippen molar-refractivity contribution < 1.29 is 5.48 Å². The van der Waals surface area contributed by atoms with Gasteiger partial charge in [0.2, 0.25) is 0 Å². The highest BCUT2D eigenvalue weighted by Gasteiger charge is 2.19. The van der Waals surface area contributed by atoms with Gasteiger partial charge in [0.05, 0.1) is 0 Å². The van der Waals surface area contributed by atoms with E-state index in [9.17, 15) is 0 Å². The zero-order valence-corrected chi connectivity index (χ0v) is 11.8. The maximum Gasteiger partial charge on any atom is 0.0123 e. The summed E-state index contributed by atoms with van der Waals surface area (Å²) >= 11 is 0. The largest absolute Gasteiger partial charge is 0.412 e. The summed E-state index contributed by atoms with van der Waals surface area (Å²) in [7, 11) is 0. The van der Waals surface area contributed by atoms with Crippen molar-refractivity contribution in [2.24, 2.45) is 11.7 Å². The molecule has 0 spiro atoms. The third-order valence-electron chi connectivity index (χ3n) is 3.26. The van der Waals surface area contributed by atoms with Crippen LogP contribution in [-0.4, -0.2) is 11.0 Å². The summed E-state index contributed by atoms with van der Waals surface area (Å²) in [6.45, 7) is 8.80. The minimum Gasteiger partial charge on any atom is -0.412 e. The summed E-state index contributed by atoms with van der Waals surface area (Å²) in [4.78, 5) is 0. The monoisotopic (exact) mass is 234 g/mol. The molecule has 0 amide bonds. The molecular formula is C13H34N2O. The van der Waals surface area contributed by atoms with Gasteiger partial charge < -0.3 is 17.4 Å². The normalized spacial score (nSPS) is 12.6. The van der Waals surface area contributed by atoms with E-state index >= 15 is 0 Å². The molecule has 3 nitrogen and oxygen atoms in total.